The van der Waals surface area contributed by atoms with Gasteiger partial charge in [0.05, 0.1) is 0 Å². The van der Waals surface area contributed by atoms with Crippen LogP contribution in [0.2, 0.25) is 0 Å². The van der Waals surface area contributed by atoms with Crippen molar-refractivity contribution in [2.45, 2.75) is 0 Å². The molecule has 0 aliphatic carbocycles. The van der Waals surface area contributed by atoms with Crippen molar-refractivity contribution >= 4 is 26.2 Å². The van der Waals surface area contributed by atoms with E-state index in [1.807, 2.05) is 0 Å². The Morgan fingerprint density at radius 2 is 0.571 bits per heavy atom. The van der Waals surface area contributed by atoms with E-state index in [2.05, 4.69) is 0 Å². The van der Waals surface area contributed by atoms with Gasteiger partial charge in [0.1, 0.15) is 0 Å². The summed E-state index contributed by atoms with van der Waals surface area (Å²) in [6, 6.07) is 0. The van der Waals surface area contributed by atoms with Crippen LogP contribution >= 0.6 is 0 Å². The second kappa shape index (κ2) is 24.8. The molecule has 0 atom stereocenters. The van der Waals surface area contributed by atoms with Crippen LogP contribution in [0.5, 0.6) is 0 Å². The van der Waals surface area contributed by atoms with Crippen LogP contribution in [0, 0.1) is 0 Å². The summed E-state index contributed by atoms with van der Waals surface area (Å²) in [4.78, 5) is 0. The molecular weight excluding hydrogens is 552 g/mol. The fraction of sp³-hybridized carbons (Fsp3) is 0. The third kappa shape index (κ3) is 377. The summed E-state index contributed by atoms with van der Waals surface area (Å²) in [5, 5.41) is 0. The van der Waals surface area contributed by atoms with Crippen molar-refractivity contribution in [3.63, 3.8) is 0 Å². The molecule has 0 aromatic carbocycles. The minimum atomic E-state index is -4.08. The zero-order valence-electron chi connectivity index (χ0n) is 5.98. The quantitative estimate of drug-likeness (QED) is 0.263. The predicted molar refractivity (Wildman–Crippen MR) is 7.81 cm³/mol. The molecule has 0 aromatic heterocycles. The SMILES string of the molecule is [Bi+3].[Fe+3].[O]=[Ti]([O-])[O-].[O]=[Ti]([O-])[O-].[O]=[Ti]([O-])[O-]. The van der Waals surface area contributed by atoms with Gasteiger partial charge in [-0.1, -0.05) is 0 Å². The summed E-state index contributed by atoms with van der Waals surface area (Å²) >= 11 is -12.2. The van der Waals surface area contributed by atoms with Crippen molar-refractivity contribution in [2.75, 3.05) is 0 Å². The summed E-state index contributed by atoms with van der Waals surface area (Å²) < 4.78 is 77.2. The molecule has 0 unspecified atom stereocenters. The molecule has 0 amide bonds. The van der Waals surface area contributed by atoms with Gasteiger partial charge in [0.2, 0.25) is 0 Å². The first kappa shape index (κ1) is 30.1. The first-order valence-electron chi connectivity index (χ1n) is 1.84. The fourth-order valence-electron chi connectivity index (χ4n) is 0. The van der Waals surface area contributed by atoms with E-state index in [4.69, 9.17) is 32.1 Å². The average Bonchev–Trinajstić information content (AvgIpc) is 1.54. The van der Waals surface area contributed by atoms with E-state index in [0.29, 0.717) is 0 Å². The van der Waals surface area contributed by atoms with Gasteiger partial charge in [-0.05, 0) is 0 Å². The Morgan fingerprint density at radius 3 is 0.571 bits per heavy atom. The number of hydrogen-bond acceptors (Lipinski definition) is 9. The average molecular weight is 552 g/mol. The normalized spacial score (nSPS) is 5.57. The van der Waals surface area contributed by atoms with Gasteiger partial charge >= 0.3 is 131 Å². The van der Waals surface area contributed by atoms with Crippen LogP contribution < -0.4 is 22.1 Å². The number of hydrogen-bond donors (Lipinski definition) is 0. The summed E-state index contributed by atoms with van der Waals surface area (Å²) in [5.74, 6) is 0. The second-order valence-electron chi connectivity index (χ2n) is 0.750. The molecule has 79 valence electrons. The van der Waals surface area contributed by atoms with E-state index in [1.54, 1.807) is 0 Å². The van der Waals surface area contributed by atoms with E-state index in [9.17, 15) is 0 Å². The minimum absolute atomic E-state index is 0. The third-order valence-electron chi connectivity index (χ3n) is 0. The van der Waals surface area contributed by atoms with Crippen LogP contribution in [0.25, 0.3) is 0 Å². The molecule has 0 saturated heterocycles. The van der Waals surface area contributed by atoms with Gasteiger partial charge in [0.15, 0.2) is 0 Å². The van der Waals surface area contributed by atoms with Crippen molar-refractivity contribution in [3.05, 3.63) is 0 Å². The zero-order valence-corrected chi connectivity index (χ0v) is 15.2. The molecule has 14 heavy (non-hydrogen) atoms. The zero-order chi connectivity index (χ0) is 10.7. The molecule has 3 radical (unpaired) electrons. The molecular formula is BiFeO9Ti3. The van der Waals surface area contributed by atoms with Gasteiger partial charge in [-0.3, -0.25) is 0 Å². The third-order valence-corrected chi connectivity index (χ3v) is 0. The predicted octanol–water partition coefficient (Wildman–Crippen LogP) is -7.88. The summed E-state index contributed by atoms with van der Waals surface area (Å²) in [5.41, 5.74) is 0. The summed E-state index contributed by atoms with van der Waals surface area (Å²) in [7, 11) is 0. The molecule has 0 aliphatic rings. The molecule has 0 saturated carbocycles. The molecule has 0 fully saturated rings. The summed E-state index contributed by atoms with van der Waals surface area (Å²) in [6.07, 6.45) is 0. The molecule has 9 nitrogen and oxygen atoms in total. The first-order valence-corrected chi connectivity index (χ1v) is 7.57. The molecule has 0 aliphatic heterocycles. The van der Waals surface area contributed by atoms with Crippen LogP contribution in [-0.4, -0.2) is 26.2 Å². The first-order chi connectivity index (χ1) is 5.20. The van der Waals surface area contributed by atoms with E-state index in [1.165, 1.54) is 0 Å². The molecule has 0 rings (SSSR count). The van der Waals surface area contributed by atoms with Gasteiger partial charge in [-0.2, -0.15) is 0 Å². The fourth-order valence-corrected chi connectivity index (χ4v) is 0. The maximum absolute atomic E-state index is 8.58. The molecule has 0 spiro atoms. The van der Waals surface area contributed by atoms with Crippen molar-refractivity contribution in [1.82, 2.24) is 0 Å². The molecule has 0 aromatic rings. The van der Waals surface area contributed by atoms with Gasteiger partial charge < -0.3 is 0 Å². The van der Waals surface area contributed by atoms with E-state index in [-0.39, 0.29) is 43.3 Å². The van der Waals surface area contributed by atoms with Crippen LogP contribution in [0.3, 0.4) is 0 Å². The summed E-state index contributed by atoms with van der Waals surface area (Å²) in [6.45, 7) is 0. The molecule has 0 N–H and O–H groups in total. The Hall–Kier alpha value is 2.71. The number of rotatable bonds is 0. The Morgan fingerprint density at radius 1 is 0.571 bits per heavy atom. The molecule has 14 heteroatoms. The van der Waals surface area contributed by atoms with Crippen LogP contribution in [0.15, 0.2) is 0 Å². The molecule has 0 heterocycles. The van der Waals surface area contributed by atoms with Gasteiger partial charge in [0.25, 0.3) is 0 Å². The van der Waals surface area contributed by atoms with Crippen LogP contribution in [0.1, 0.15) is 0 Å². The second-order valence-corrected chi connectivity index (χ2v) is 3.09. The Balaban J connectivity index is -0.0000000270. The Labute approximate surface area is 129 Å². The van der Waals surface area contributed by atoms with Crippen LogP contribution in [0.4, 0.5) is 0 Å². The van der Waals surface area contributed by atoms with E-state index < -0.39 is 55.8 Å². The maximum atomic E-state index is 8.58. The standard InChI is InChI=1S/Bi.Fe.9O.3Ti/q2*+3;;;;6*-1;;;. The van der Waals surface area contributed by atoms with Gasteiger partial charge in [0, 0.05) is 0 Å². The van der Waals surface area contributed by atoms with E-state index >= 15 is 0 Å². The molecule has 0 bridgehead atoms. The van der Waals surface area contributed by atoms with Gasteiger partial charge in [-0.15, -0.1) is 0 Å². The monoisotopic (exact) mass is 553 g/mol. The van der Waals surface area contributed by atoms with Crippen molar-refractivity contribution in [1.29, 1.82) is 0 Å². The Kier molecular flexibility index (Phi) is 53.2. The van der Waals surface area contributed by atoms with Crippen molar-refractivity contribution in [3.8, 4) is 0 Å². The Bertz CT molecular complexity index is 118. The topological polar surface area (TPSA) is 190 Å². The van der Waals surface area contributed by atoms with Crippen molar-refractivity contribution < 1.29 is 105 Å². The van der Waals surface area contributed by atoms with Crippen molar-refractivity contribution in [2.24, 2.45) is 0 Å². The van der Waals surface area contributed by atoms with E-state index in [0.717, 1.165) is 0 Å². The van der Waals surface area contributed by atoms with Gasteiger partial charge in [-0.25, -0.2) is 0 Å². The van der Waals surface area contributed by atoms with Crippen LogP contribution in [-0.2, 0) is 82.9 Å².